The second-order valence-electron chi connectivity index (χ2n) is 3.56. The topological polar surface area (TPSA) is 65.5 Å². The van der Waals surface area contributed by atoms with E-state index in [0.29, 0.717) is 19.1 Å². The van der Waals surface area contributed by atoms with Crippen LogP contribution in [-0.2, 0) is 9.47 Å². The Balaban J connectivity index is 2.26. The molecule has 1 rings (SSSR count). The van der Waals surface area contributed by atoms with Crippen molar-refractivity contribution in [2.45, 2.75) is 13.3 Å². The summed E-state index contributed by atoms with van der Waals surface area (Å²) >= 11 is 0. The standard InChI is InChI=1S/C12H21N3O3/c1-3-17-6-4-5-13-11-9-12(15-10-14-11)18-8-7-16-2/h9-10H,3-8H2,1-2H3,(H,13,14,15). The summed E-state index contributed by atoms with van der Waals surface area (Å²) in [5.41, 5.74) is 0. The number of methoxy groups -OCH3 is 1. The molecule has 0 radical (unpaired) electrons. The van der Waals surface area contributed by atoms with Crippen molar-refractivity contribution in [2.75, 3.05) is 45.4 Å². The van der Waals surface area contributed by atoms with Crippen LogP contribution in [0.15, 0.2) is 12.4 Å². The molecule has 1 N–H and O–H groups in total. The number of nitrogens with zero attached hydrogens (tertiary/aromatic N) is 2. The quantitative estimate of drug-likeness (QED) is 0.636. The zero-order chi connectivity index (χ0) is 13.1. The zero-order valence-corrected chi connectivity index (χ0v) is 11.0. The summed E-state index contributed by atoms with van der Waals surface area (Å²) in [7, 11) is 1.63. The maximum Gasteiger partial charge on any atom is 0.218 e. The molecule has 1 aromatic rings. The SMILES string of the molecule is CCOCCCNc1cc(OCCOC)ncn1. The molecular formula is C12H21N3O3. The van der Waals surface area contributed by atoms with E-state index in [0.717, 1.165) is 32.0 Å². The predicted octanol–water partition coefficient (Wildman–Crippen LogP) is 1.34. The van der Waals surface area contributed by atoms with Crippen LogP contribution >= 0.6 is 0 Å². The molecular weight excluding hydrogens is 234 g/mol. The van der Waals surface area contributed by atoms with Crippen molar-refractivity contribution < 1.29 is 14.2 Å². The van der Waals surface area contributed by atoms with Gasteiger partial charge in [0, 0.05) is 32.9 Å². The second kappa shape index (κ2) is 9.61. The first-order valence-corrected chi connectivity index (χ1v) is 6.12. The van der Waals surface area contributed by atoms with E-state index >= 15 is 0 Å². The number of hydrogen-bond acceptors (Lipinski definition) is 6. The molecule has 0 aliphatic rings. The summed E-state index contributed by atoms with van der Waals surface area (Å²) in [6.07, 6.45) is 2.42. The summed E-state index contributed by atoms with van der Waals surface area (Å²) in [6.45, 7) is 5.34. The van der Waals surface area contributed by atoms with E-state index in [1.807, 2.05) is 6.92 Å². The van der Waals surface area contributed by atoms with Crippen LogP contribution in [0.2, 0.25) is 0 Å². The van der Waals surface area contributed by atoms with Crippen molar-refractivity contribution in [3.63, 3.8) is 0 Å². The molecule has 0 aromatic carbocycles. The van der Waals surface area contributed by atoms with Gasteiger partial charge >= 0.3 is 0 Å². The lowest BCUT2D eigenvalue weighted by Crippen LogP contribution is -2.09. The molecule has 0 aliphatic carbocycles. The van der Waals surface area contributed by atoms with E-state index in [2.05, 4.69) is 15.3 Å². The minimum Gasteiger partial charge on any atom is -0.475 e. The molecule has 0 aliphatic heterocycles. The van der Waals surface area contributed by atoms with Crippen LogP contribution in [0.1, 0.15) is 13.3 Å². The summed E-state index contributed by atoms with van der Waals surface area (Å²) in [5, 5.41) is 3.19. The third-order valence-electron chi connectivity index (χ3n) is 2.16. The smallest absolute Gasteiger partial charge is 0.218 e. The fourth-order valence-electron chi connectivity index (χ4n) is 1.28. The van der Waals surface area contributed by atoms with Crippen LogP contribution in [-0.4, -0.2) is 50.1 Å². The number of rotatable bonds is 10. The third kappa shape index (κ3) is 6.36. The molecule has 0 bridgehead atoms. The van der Waals surface area contributed by atoms with Crippen LogP contribution in [0.4, 0.5) is 5.82 Å². The van der Waals surface area contributed by atoms with Crippen LogP contribution in [0.3, 0.4) is 0 Å². The van der Waals surface area contributed by atoms with Crippen molar-refractivity contribution in [1.82, 2.24) is 9.97 Å². The predicted molar refractivity (Wildman–Crippen MR) is 69.0 cm³/mol. The number of anilines is 1. The molecule has 0 fully saturated rings. The molecule has 0 unspecified atom stereocenters. The van der Waals surface area contributed by atoms with Gasteiger partial charge in [-0.05, 0) is 13.3 Å². The van der Waals surface area contributed by atoms with Gasteiger partial charge in [0.15, 0.2) is 0 Å². The normalized spacial score (nSPS) is 10.3. The summed E-state index contributed by atoms with van der Waals surface area (Å²) in [5.74, 6) is 1.31. The number of aromatic nitrogens is 2. The highest BCUT2D eigenvalue weighted by Gasteiger charge is 1.99. The van der Waals surface area contributed by atoms with E-state index in [1.54, 1.807) is 13.2 Å². The molecule has 0 saturated heterocycles. The molecule has 18 heavy (non-hydrogen) atoms. The van der Waals surface area contributed by atoms with Gasteiger partial charge in [0.25, 0.3) is 0 Å². The van der Waals surface area contributed by atoms with Gasteiger partial charge < -0.3 is 19.5 Å². The highest BCUT2D eigenvalue weighted by Crippen LogP contribution is 2.10. The summed E-state index contributed by atoms with van der Waals surface area (Å²) < 4.78 is 15.5. The lowest BCUT2D eigenvalue weighted by atomic mass is 10.4. The van der Waals surface area contributed by atoms with Gasteiger partial charge in [-0.2, -0.15) is 0 Å². The summed E-state index contributed by atoms with van der Waals surface area (Å²) in [6, 6.07) is 1.77. The zero-order valence-electron chi connectivity index (χ0n) is 11.0. The van der Waals surface area contributed by atoms with Gasteiger partial charge in [-0.25, -0.2) is 9.97 Å². The maximum absolute atomic E-state index is 5.39. The molecule has 0 amide bonds. The van der Waals surface area contributed by atoms with E-state index in [9.17, 15) is 0 Å². The minimum absolute atomic E-state index is 0.483. The Morgan fingerprint density at radius 2 is 2.11 bits per heavy atom. The fourth-order valence-corrected chi connectivity index (χ4v) is 1.28. The Hall–Kier alpha value is -1.40. The monoisotopic (exact) mass is 255 g/mol. The third-order valence-corrected chi connectivity index (χ3v) is 2.16. The molecule has 1 aromatic heterocycles. The van der Waals surface area contributed by atoms with Crippen molar-refractivity contribution in [3.05, 3.63) is 12.4 Å². The van der Waals surface area contributed by atoms with Gasteiger partial charge in [-0.3, -0.25) is 0 Å². The Labute approximate surface area is 108 Å². The van der Waals surface area contributed by atoms with Gasteiger partial charge in [0.2, 0.25) is 5.88 Å². The van der Waals surface area contributed by atoms with Crippen LogP contribution in [0, 0.1) is 0 Å². The molecule has 6 nitrogen and oxygen atoms in total. The van der Waals surface area contributed by atoms with Gasteiger partial charge in [-0.1, -0.05) is 0 Å². The molecule has 102 valence electrons. The number of nitrogens with one attached hydrogen (secondary N) is 1. The molecule has 0 atom stereocenters. The van der Waals surface area contributed by atoms with Gasteiger partial charge in [0.1, 0.15) is 18.8 Å². The van der Waals surface area contributed by atoms with Gasteiger partial charge in [-0.15, -0.1) is 0 Å². The number of ether oxygens (including phenoxy) is 3. The first kappa shape index (κ1) is 14.7. The van der Waals surface area contributed by atoms with E-state index in [1.165, 1.54) is 6.33 Å². The van der Waals surface area contributed by atoms with Crippen molar-refractivity contribution in [2.24, 2.45) is 0 Å². The molecule has 1 heterocycles. The Kier molecular flexibility index (Phi) is 7.83. The van der Waals surface area contributed by atoms with E-state index < -0.39 is 0 Å². The maximum atomic E-state index is 5.39. The van der Waals surface area contributed by atoms with Crippen molar-refractivity contribution >= 4 is 5.82 Å². The average Bonchev–Trinajstić information content (AvgIpc) is 2.39. The average molecular weight is 255 g/mol. The molecule has 0 saturated carbocycles. The van der Waals surface area contributed by atoms with Crippen molar-refractivity contribution in [1.29, 1.82) is 0 Å². The molecule has 6 heteroatoms. The van der Waals surface area contributed by atoms with Crippen LogP contribution in [0.5, 0.6) is 5.88 Å². The van der Waals surface area contributed by atoms with Crippen LogP contribution < -0.4 is 10.1 Å². The Morgan fingerprint density at radius 3 is 2.89 bits per heavy atom. The fraction of sp³-hybridized carbons (Fsp3) is 0.667. The minimum atomic E-state index is 0.483. The Bertz CT molecular complexity index is 323. The first-order chi connectivity index (χ1) is 8.86. The van der Waals surface area contributed by atoms with E-state index in [-0.39, 0.29) is 0 Å². The first-order valence-electron chi connectivity index (χ1n) is 6.12. The highest BCUT2D eigenvalue weighted by atomic mass is 16.5. The summed E-state index contributed by atoms with van der Waals surface area (Å²) in [4.78, 5) is 8.13. The largest absolute Gasteiger partial charge is 0.475 e. The highest BCUT2D eigenvalue weighted by molar-refractivity contribution is 5.36. The van der Waals surface area contributed by atoms with Crippen LogP contribution in [0.25, 0.3) is 0 Å². The number of hydrogen-bond donors (Lipinski definition) is 1. The van der Waals surface area contributed by atoms with Crippen molar-refractivity contribution in [3.8, 4) is 5.88 Å². The lowest BCUT2D eigenvalue weighted by molar-refractivity contribution is 0.143. The second-order valence-corrected chi connectivity index (χ2v) is 3.56. The lowest BCUT2D eigenvalue weighted by Gasteiger charge is -2.07. The Morgan fingerprint density at radius 1 is 1.22 bits per heavy atom. The molecule has 0 spiro atoms. The van der Waals surface area contributed by atoms with Gasteiger partial charge in [0.05, 0.1) is 6.61 Å². The van der Waals surface area contributed by atoms with E-state index in [4.69, 9.17) is 14.2 Å².